The number of hydrogen-bond acceptors (Lipinski definition) is 6. The fourth-order valence-corrected chi connectivity index (χ4v) is 4.37. The van der Waals surface area contributed by atoms with E-state index in [1.807, 2.05) is 21.7 Å². The van der Waals surface area contributed by atoms with Crippen LogP contribution in [0.2, 0.25) is 5.02 Å². The number of imidazole rings is 1. The van der Waals surface area contributed by atoms with Crippen LogP contribution in [0, 0.1) is 0 Å². The van der Waals surface area contributed by atoms with Gasteiger partial charge in [0.2, 0.25) is 5.91 Å². The number of fused-ring (bicyclic) bond motifs is 1. The van der Waals surface area contributed by atoms with Gasteiger partial charge >= 0.3 is 0 Å². The molecular formula is C23H27ClN4O4. The number of amides is 1. The van der Waals surface area contributed by atoms with Crippen molar-refractivity contribution in [3.8, 4) is 22.8 Å². The normalized spacial score (nSPS) is 16.5. The summed E-state index contributed by atoms with van der Waals surface area (Å²) >= 11 is 6.34. The molecule has 32 heavy (non-hydrogen) atoms. The summed E-state index contributed by atoms with van der Waals surface area (Å²) in [6.07, 6.45) is 3.94. The maximum absolute atomic E-state index is 12.2. The Kier molecular flexibility index (Phi) is 6.43. The Balaban J connectivity index is 1.60. The monoisotopic (exact) mass is 458 g/mol. The molecule has 1 fully saturated rings. The molecule has 1 atom stereocenters. The van der Waals surface area contributed by atoms with Gasteiger partial charge in [0.15, 0.2) is 0 Å². The lowest BCUT2D eigenvalue weighted by Crippen LogP contribution is -2.54. The highest BCUT2D eigenvalue weighted by atomic mass is 35.5. The largest absolute Gasteiger partial charge is 0.496 e. The quantitative estimate of drug-likeness (QED) is 0.564. The highest BCUT2D eigenvalue weighted by Gasteiger charge is 2.27. The van der Waals surface area contributed by atoms with Gasteiger partial charge in [0.1, 0.15) is 23.8 Å². The molecule has 0 radical (unpaired) electrons. The third-order valence-corrected chi connectivity index (χ3v) is 6.07. The predicted molar refractivity (Wildman–Crippen MR) is 124 cm³/mol. The lowest BCUT2D eigenvalue weighted by Gasteiger charge is -2.41. The summed E-state index contributed by atoms with van der Waals surface area (Å²) in [5.41, 5.74) is 3.44. The van der Waals surface area contributed by atoms with Crippen molar-refractivity contribution in [3.63, 3.8) is 0 Å². The topological polar surface area (TPSA) is 68.5 Å². The molecule has 3 heterocycles. The van der Waals surface area contributed by atoms with Crippen LogP contribution in [0.3, 0.4) is 0 Å². The highest BCUT2D eigenvalue weighted by molar-refractivity contribution is 6.32. The molecule has 170 valence electrons. The van der Waals surface area contributed by atoms with E-state index in [1.54, 1.807) is 33.5 Å². The van der Waals surface area contributed by atoms with E-state index in [1.165, 1.54) is 0 Å². The van der Waals surface area contributed by atoms with Gasteiger partial charge < -0.3 is 28.4 Å². The molecule has 1 amide bonds. The number of methoxy groups -OCH3 is 3. The van der Waals surface area contributed by atoms with Crippen molar-refractivity contribution < 1.29 is 19.0 Å². The van der Waals surface area contributed by atoms with E-state index in [-0.39, 0.29) is 18.6 Å². The van der Waals surface area contributed by atoms with Gasteiger partial charge in [-0.25, -0.2) is 4.98 Å². The van der Waals surface area contributed by atoms with Crippen molar-refractivity contribution in [2.45, 2.75) is 13.0 Å². The summed E-state index contributed by atoms with van der Waals surface area (Å²) in [7, 11) is 4.72. The smallest absolute Gasteiger partial charge is 0.248 e. The molecule has 9 heteroatoms. The minimum Gasteiger partial charge on any atom is -0.496 e. The van der Waals surface area contributed by atoms with E-state index in [4.69, 9.17) is 30.8 Å². The number of carbonyl (C=O) groups is 1. The average Bonchev–Trinajstić information content (AvgIpc) is 3.22. The Morgan fingerprint density at radius 2 is 1.94 bits per heavy atom. The maximum atomic E-state index is 12.2. The second kappa shape index (κ2) is 9.26. The van der Waals surface area contributed by atoms with Crippen molar-refractivity contribution in [1.82, 2.24) is 14.3 Å². The lowest BCUT2D eigenvalue weighted by molar-refractivity contribution is -0.137. The molecule has 3 aromatic rings. The number of anilines is 1. The Morgan fingerprint density at radius 3 is 2.62 bits per heavy atom. The van der Waals surface area contributed by atoms with Gasteiger partial charge in [0.25, 0.3) is 0 Å². The van der Waals surface area contributed by atoms with Crippen LogP contribution in [0.4, 0.5) is 5.69 Å². The number of benzene rings is 1. The Bertz CT molecular complexity index is 1130. The second-order valence-electron chi connectivity index (χ2n) is 7.78. The van der Waals surface area contributed by atoms with Crippen molar-refractivity contribution in [2.24, 2.45) is 0 Å². The van der Waals surface area contributed by atoms with Gasteiger partial charge in [-0.2, -0.15) is 0 Å². The van der Waals surface area contributed by atoms with Crippen LogP contribution in [-0.4, -0.2) is 73.8 Å². The molecule has 0 saturated carbocycles. The number of pyridine rings is 1. The number of piperazine rings is 1. The zero-order chi connectivity index (χ0) is 22.8. The van der Waals surface area contributed by atoms with Gasteiger partial charge in [0, 0.05) is 68.6 Å². The molecular weight excluding hydrogens is 432 g/mol. The first-order chi connectivity index (χ1) is 15.4. The van der Waals surface area contributed by atoms with Crippen LogP contribution in [-0.2, 0) is 9.53 Å². The number of hydrogen-bond donors (Lipinski definition) is 0. The Hall–Kier alpha value is -2.97. The van der Waals surface area contributed by atoms with Gasteiger partial charge in [-0.3, -0.25) is 4.79 Å². The fourth-order valence-electron chi connectivity index (χ4n) is 4.13. The minimum absolute atomic E-state index is 0.0279. The van der Waals surface area contributed by atoms with Crippen molar-refractivity contribution >= 4 is 28.8 Å². The zero-order valence-corrected chi connectivity index (χ0v) is 19.4. The summed E-state index contributed by atoms with van der Waals surface area (Å²) in [5.74, 6) is 1.22. The highest BCUT2D eigenvalue weighted by Crippen LogP contribution is 2.38. The first kappa shape index (κ1) is 22.2. The number of aromatic nitrogens is 2. The van der Waals surface area contributed by atoms with E-state index in [2.05, 4.69) is 24.0 Å². The van der Waals surface area contributed by atoms with Crippen LogP contribution in [0.25, 0.3) is 16.9 Å². The molecule has 0 N–H and O–H groups in total. The molecule has 0 aliphatic carbocycles. The lowest BCUT2D eigenvalue weighted by atomic mass is 10.1. The summed E-state index contributed by atoms with van der Waals surface area (Å²) in [6, 6.07) is 7.79. The summed E-state index contributed by atoms with van der Waals surface area (Å²) in [5, 5.41) is 0.496. The number of halogens is 1. The molecule has 0 spiro atoms. The molecule has 1 unspecified atom stereocenters. The van der Waals surface area contributed by atoms with E-state index < -0.39 is 0 Å². The molecule has 1 aliphatic heterocycles. The van der Waals surface area contributed by atoms with Crippen LogP contribution in [0.1, 0.15) is 6.92 Å². The number of ether oxygens (including phenoxy) is 3. The van der Waals surface area contributed by atoms with E-state index in [0.29, 0.717) is 23.1 Å². The van der Waals surface area contributed by atoms with Crippen molar-refractivity contribution in [3.05, 3.63) is 41.7 Å². The Labute approximate surface area is 192 Å². The summed E-state index contributed by atoms with van der Waals surface area (Å²) in [6.45, 7) is 4.35. The SMILES string of the molecule is COCC(=O)N1CCN(c2ccn3cc(-c4cc(Cl)c(OC)cc4OC)nc3c2)CC1C. The van der Waals surface area contributed by atoms with E-state index >= 15 is 0 Å². The first-order valence-corrected chi connectivity index (χ1v) is 10.8. The predicted octanol–water partition coefficient (Wildman–Crippen LogP) is 3.36. The van der Waals surface area contributed by atoms with Gasteiger partial charge in [-0.15, -0.1) is 0 Å². The number of carbonyl (C=O) groups excluding carboxylic acids is 1. The molecule has 1 aliphatic rings. The zero-order valence-electron chi connectivity index (χ0n) is 18.7. The fraction of sp³-hybridized carbons (Fsp3) is 0.391. The average molecular weight is 459 g/mol. The molecule has 0 bridgehead atoms. The van der Waals surface area contributed by atoms with Crippen molar-refractivity contribution in [2.75, 3.05) is 52.5 Å². The van der Waals surface area contributed by atoms with Crippen LogP contribution >= 0.6 is 11.6 Å². The van der Waals surface area contributed by atoms with Crippen LogP contribution < -0.4 is 14.4 Å². The molecule has 1 aromatic carbocycles. The maximum Gasteiger partial charge on any atom is 0.248 e. The van der Waals surface area contributed by atoms with Crippen LogP contribution in [0.5, 0.6) is 11.5 Å². The van der Waals surface area contributed by atoms with Gasteiger partial charge in [-0.05, 0) is 19.1 Å². The molecule has 4 rings (SSSR count). The van der Waals surface area contributed by atoms with Crippen molar-refractivity contribution in [1.29, 1.82) is 0 Å². The molecule has 2 aromatic heterocycles. The van der Waals surface area contributed by atoms with E-state index in [9.17, 15) is 4.79 Å². The summed E-state index contributed by atoms with van der Waals surface area (Å²) in [4.78, 5) is 21.2. The standard InChI is InChI=1S/C23H27ClN4O4/c1-15-12-26(7-8-28(15)23(29)14-30-2)16-5-6-27-13-19(25-22(27)9-16)17-10-18(24)21(32-4)11-20(17)31-3/h5-6,9-11,13,15H,7-8,12,14H2,1-4H3. The third-order valence-electron chi connectivity index (χ3n) is 5.77. The molecule has 8 nitrogen and oxygen atoms in total. The first-order valence-electron chi connectivity index (χ1n) is 10.4. The number of nitrogens with zero attached hydrogens (tertiary/aromatic N) is 4. The second-order valence-corrected chi connectivity index (χ2v) is 8.19. The van der Waals surface area contributed by atoms with Crippen LogP contribution in [0.15, 0.2) is 36.7 Å². The number of rotatable bonds is 6. The van der Waals surface area contributed by atoms with Gasteiger partial charge in [0.05, 0.1) is 24.9 Å². The summed E-state index contributed by atoms with van der Waals surface area (Å²) < 4.78 is 17.8. The Morgan fingerprint density at radius 1 is 1.16 bits per heavy atom. The van der Waals surface area contributed by atoms with Gasteiger partial charge in [-0.1, -0.05) is 11.6 Å². The third kappa shape index (κ3) is 4.20. The molecule has 1 saturated heterocycles. The minimum atomic E-state index is 0.0279. The van der Waals surface area contributed by atoms with E-state index in [0.717, 1.165) is 35.7 Å².